The third-order valence-electron chi connectivity index (χ3n) is 3.07. The lowest BCUT2D eigenvalue weighted by atomic mass is 9.88. The number of nitrogens with one attached hydrogen (secondary N) is 1. The van der Waals surface area contributed by atoms with Crippen LogP contribution in [0.4, 0.5) is 0 Å². The number of nitrogens with two attached hydrogens (primary N) is 1. The summed E-state index contributed by atoms with van der Waals surface area (Å²) < 4.78 is 0. The Morgan fingerprint density at radius 1 is 1.24 bits per heavy atom. The minimum atomic E-state index is 0.00177. The lowest BCUT2D eigenvalue weighted by Gasteiger charge is -2.20. The van der Waals surface area contributed by atoms with Crippen molar-refractivity contribution in [2.75, 3.05) is 6.54 Å². The third kappa shape index (κ3) is 2.56. The highest BCUT2D eigenvalue weighted by Gasteiger charge is 2.23. The summed E-state index contributed by atoms with van der Waals surface area (Å²) in [5, 5.41) is 0. The van der Waals surface area contributed by atoms with E-state index in [4.69, 9.17) is 5.73 Å². The van der Waals surface area contributed by atoms with Crippen molar-refractivity contribution in [2.24, 2.45) is 5.73 Å². The highest BCUT2D eigenvalue weighted by molar-refractivity contribution is 5.58. The molecular weight excluding hydrogens is 210 g/mol. The summed E-state index contributed by atoms with van der Waals surface area (Å²) in [6, 6.07) is 10.2. The summed E-state index contributed by atoms with van der Waals surface area (Å²) in [6.45, 7) is 5.00. The third-order valence-corrected chi connectivity index (χ3v) is 3.07. The Morgan fingerprint density at radius 2 is 1.94 bits per heavy atom. The Labute approximate surface area is 102 Å². The van der Waals surface area contributed by atoms with Crippen molar-refractivity contribution in [3.05, 3.63) is 42.4 Å². The first kappa shape index (κ1) is 11.9. The summed E-state index contributed by atoms with van der Waals surface area (Å²) in [4.78, 5) is 7.86. The fourth-order valence-corrected chi connectivity index (χ4v) is 1.91. The number of imidazole rings is 1. The van der Waals surface area contributed by atoms with E-state index in [1.807, 2.05) is 24.4 Å². The van der Waals surface area contributed by atoms with Crippen LogP contribution in [0, 0.1) is 0 Å². The van der Waals surface area contributed by atoms with Gasteiger partial charge in [0.25, 0.3) is 0 Å². The molecule has 90 valence electrons. The van der Waals surface area contributed by atoms with E-state index >= 15 is 0 Å². The highest BCUT2D eigenvalue weighted by Crippen LogP contribution is 2.26. The van der Waals surface area contributed by atoms with Crippen LogP contribution >= 0.6 is 0 Å². The largest absolute Gasteiger partial charge is 0.342 e. The second-order valence-electron chi connectivity index (χ2n) is 4.93. The molecule has 1 heterocycles. The monoisotopic (exact) mass is 229 g/mol. The van der Waals surface area contributed by atoms with Gasteiger partial charge >= 0.3 is 0 Å². The molecule has 1 aromatic heterocycles. The van der Waals surface area contributed by atoms with Crippen molar-refractivity contribution in [3.8, 4) is 11.3 Å². The molecule has 3 N–H and O–H groups in total. The van der Waals surface area contributed by atoms with Gasteiger partial charge in [0.15, 0.2) is 0 Å². The second kappa shape index (κ2) is 4.72. The van der Waals surface area contributed by atoms with Crippen molar-refractivity contribution in [1.82, 2.24) is 9.97 Å². The van der Waals surface area contributed by atoms with Crippen LogP contribution in [-0.4, -0.2) is 16.5 Å². The lowest BCUT2D eigenvalue weighted by molar-refractivity contribution is 0.462. The number of H-pyrrole nitrogens is 1. The molecule has 0 aliphatic carbocycles. The number of nitrogens with zero attached hydrogens (tertiary/aromatic N) is 1. The minimum Gasteiger partial charge on any atom is -0.342 e. The molecule has 0 bridgehead atoms. The van der Waals surface area contributed by atoms with Crippen LogP contribution in [-0.2, 0) is 5.41 Å². The van der Waals surface area contributed by atoms with E-state index in [9.17, 15) is 0 Å². The topological polar surface area (TPSA) is 54.7 Å². The van der Waals surface area contributed by atoms with Crippen LogP contribution in [0.15, 0.2) is 36.5 Å². The molecule has 0 saturated heterocycles. The van der Waals surface area contributed by atoms with Gasteiger partial charge in [-0.05, 0) is 18.5 Å². The zero-order valence-corrected chi connectivity index (χ0v) is 10.4. The van der Waals surface area contributed by atoms with Gasteiger partial charge in [-0.15, -0.1) is 0 Å². The number of hydrogen-bond acceptors (Lipinski definition) is 2. The van der Waals surface area contributed by atoms with Gasteiger partial charge in [-0.2, -0.15) is 0 Å². The molecule has 17 heavy (non-hydrogen) atoms. The van der Waals surface area contributed by atoms with E-state index in [1.165, 1.54) is 0 Å². The fraction of sp³-hybridized carbons (Fsp3) is 0.357. The van der Waals surface area contributed by atoms with E-state index in [2.05, 4.69) is 35.9 Å². The van der Waals surface area contributed by atoms with Gasteiger partial charge in [-0.3, -0.25) is 0 Å². The first-order valence-electron chi connectivity index (χ1n) is 5.94. The van der Waals surface area contributed by atoms with Crippen molar-refractivity contribution < 1.29 is 0 Å². The SMILES string of the molecule is CC(C)(CCN)c1ncc(-c2ccccc2)[nH]1. The predicted octanol–water partition coefficient (Wildman–Crippen LogP) is 2.70. The molecule has 0 radical (unpaired) electrons. The summed E-state index contributed by atoms with van der Waals surface area (Å²) in [7, 11) is 0. The van der Waals surface area contributed by atoms with Crippen molar-refractivity contribution in [3.63, 3.8) is 0 Å². The predicted molar refractivity (Wildman–Crippen MR) is 70.7 cm³/mol. The first-order valence-corrected chi connectivity index (χ1v) is 5.94. The van der Waals surface area contributed by atoms with Crippen LogP contribution in [0.25, 0.3) is 11.3 Å². The number of aromatic amines is 1. The minimum absolute atomic E-state index is 0.00177. The van der Waals surface area contributed by atoms with E-state index in [1.54, 1.807) is 0 Å². The van der Waals surface area contributed by atoms with Crippen molar-refractivity contribution in [1.29, 1.82) is 0 Å². The van der Waals surface area contributed by atoms with Gasteiger partial charge < -0.3 is 10.7 Å². The van der Waals surface area contributed by atoms with Gasteiger partial charge in [0.1, 0.15) is 5.82 Å². The van der Waals surface area contributed by atoms with E-state index < -0.39 is 0 Å². The zero-order chi connectivity index (χ0) is 12.3. The van der Waals surface area contributed by atoms with E-state index in [0.29, 0.717) is 6.54 Å². The number of benzene rings is 1. The maximum atomic E-state index is 5.63. The molecule has 0 spiro atoms. The normalized spacial score (nSPS) is 11.7. The van der Waals surface area contributed by atoms with E-state index in [-0.39, 0.29) is 5.41 Å². The smallest absolute Gasteiger partial charge is 0.112 e. The molecule has 0 aliphatic heterocycles. The zero-order valence-electron chi connectivity index (χ0n) is 10.4. The Morgan fingerprint density at radius 3 is 2.59 bits per heavy atom. The average Bonchev–Trinajstić information content (AvgIpc) is 2.80. The van der Waals surface area contributed by atoms with Crippen LogP contribution in [0.1, 0.15) is 26.1 Å². The van der Waals surface area contributed by atoms with Gasteiger partial charge in [0.2, 0.25) is 0 Å². The maximum Gasteiger partial charge on any atom is 0.112 e. The Kier molecular flexibility index (Phi) is 3.29. The fourth-order valence-electron chi connectivity index (χ4n) is 1.91. The molecule has 1 aromatic carbocycles. The molecule has 3 nitrogen and oxygen atoms in total. The second-order valence-corrected chi connectivity index (χ2v) is 4.93. The Balaban J connectivity index is 2.28. The van der Waals surface area contributed by atoms with Gasteiger partial charge in [-0.25, -0.2) is 4.98 Å². The lowest BCUT2D eigenvalue weighted by Crippen LogP contribution is -2.23. The quantitative estimate of drug-likeness (QED) is 0.847. The standard InChI is InChI=1S/C14H19N3/c1-14(2,8-9-15)13-16-10-12(17-13)11-6-4-3-5-7-11/h3-7,10H,8-9,15H2,1-2H3,(H,16,17). The number of rotatable bonds is 4. The van der Waals surface area contributed by atoms with Crippen molar-refractivity contribution in [2.45, 2.75) is 25.7 Å². The first-order chi connectivity index (χ1) is 8.13. The summed E-state index contributed by atoms with van der Waals surface area (Å²) in [5.74, 6) is 1.00. The molecule has 0 amide bonds. The molecular formula is C14H19N3. The number of hydrogen-bond donors (Lipinski definition) is 2. The number of aromatic nitrogens is 2. The van der Waals surface area contributed by atoms with Gasteiger partial charge in [0, 0.05) is 5.41 Å². The van der Waals surface area contributed by atoms with Crippen LogP contribution < -0.4 is 5.73 Å². The Hall–Kier alpha value is -1.61. The molecule has 3 heteroatoms. The molecule has 2 rings (SSSR count). The molecule has 2 aromatic rings. The average molecular weight is 229 g/mol. The van der Waals surface area contributed by atoms with E-state index in [0.717, 1.165) is 23.5 Å². The van der Waals surface area contributed by atoms with Gasteiger partial charge in [-0.1, -0.05) is 44.2 Å². The van der Waals surface area contributed by atoms with Crippen LogP contribution in [0.5, 0.6) is 0 Å². The molecule has 0 saturated carbocycles. The Bertz CT molecular complexity index is 471. The summed E-state index contributed by atoms with van der Waals surface area (Å²) in [6.07, 6.45) is 2.82. The molecule has 0 fully saturated rings. The summed E-state index contributed by atoms with van der Waals surface area (Å²) in [5.41, 5.74) is 7.85. The molecule has 0 atom stereocenters. The van der Waals surface area contributed by atoms with Crippen LogP contribution in [0.3, 0.4) is 0 Å². The van der Waals surface area contributed by atoms with Gasteiger partial charge in [0.05, 0.1) is 11.9 Å². The molecule has 0 unspecified atom stereocenters. The highest BCUT2D eigenvalue weighted by atomic mass is 14.9. The summed E-state index contributed by atoms with van der Waals surface area (Å²) >= 11 is 0. The maximum absolute atomic E-state index is 5.63. The van der Waals surface area contributed by atoms with Crippen LogP contribution in [0.2, 0.25) is 0 Å². The molecule has 0 aliphatic rings. The van der Waals surface area contributed by atoms with Crippen molar-refractivity contribution >= 4 is 0 Å².